The van der Waals surface area contributed by atoms with Gasteiger partial charge in [-0.2, -0.15) is 0 Å². The first kappa shape index (κ1) is 13.5. The van der Waals surface area contributed by atoms with E-state index in [0.29, 0.717) is 6.42 Å². The molecule has 0 bridgehead atoms. The first-order valence-electron chi connectivity index (χ1n) is 5.68. The van der Waals surface area contributed by atoms with Crippen LogP contribution in [0.15, 0.2) is 12.2 Å². The van der Waals surface area contributed by atoms with Crippen molar-refractivity contribution in [3.63, 3.8) is 0 Å². The van der Waals surface area contributed by atoms with Crippen LogP contribution in [0.2, 0.25) is 0 Å². The fraction of sp³-hybridized carbons (Fsp3) is 0.667. The van der Waals surface area contributed by atoms with E-state index < -0.39 is 29.6 Å². The van der Waals surface area contributed by atoms with Gasteiger partial charge in [0.15, 0.2) is 0 Å². The average molecular weight is 241 g/mol. The summed E-state index contributed by atoms with van der Waals surface area (Å²) in [5, 5.41) is 11.6. The van der Waals surface area contributed by atoms with Crippen LogP contribution < -0.4 is 5.32 Å². The second-order valence-electron chi connectivity index (χ2n) is 5.12. The summed E-state index contributed by atoms with van der Waals surface area (Å²) in [6, 6.07) is -0.490. The van der Waals surface area contributed by atoms with Gasteiger partial charge in [0.1, 0.15) is 5.60 Å². The van der Waals surface area contributed by atoms with Crippen LogP contribution in [-0.4, -0.2) is 28.8 Å². The second-order valence-corrected chi connectivity index (χ2v) is 5.12. The van der Waals surface area contributed by atoms with Gasteiger partial charge in [-0.05, 0) is 33.6 Å². The molecule has 1 aliphatic rings. The zero-order valence-electron chi connectivity index (χ0n) is 10.4. The van der Waals surface area contributed by atoms with Crippen LogP contribution in [-0.2, 0) is 9.53 Å². The Morgan fingerprint density at radius 2 is 2.06 bits per heavy atom. The molecule has 1 rings (SSSR count). The summed E-state index contributed by atoms with van der Waals surface area (Å²) in [6.07, 6.45) is 4.27. The van der Waals surface area contributed by atoms with Crippen molar-refractivity contribution in [3.8, 4) is 0 Å². The SMILES string of the molecule is CC(C)(C)OC(=O)N[C@H]1C=CCC[C@@H]1C(=O)O. The quantitative estimate of drug-likeness (QED) is 0.724. The van der Waals surface area contributed by atoms with Crippen LogP contribution in [0.1, 0.15) is 33.6 Å². The monoisotopic (exact) mass is 241 g/mol. The number of alkyl carbamates (subject to hydrolysis) is 1. The fourth-order valence-electron chi connectivity index (χ4n) is 1.70. The molecule has 5 heteroatoms. The maximum Gasteiger partial charge on any atom is 0.408 e. The van der Waals surface area contributed by atoms with Crippen molar-refractivity contribution < 1.29 is 19.4 Å². The van der Waals surface area contributed by atoms with Gasteiger partial charge in [0, 0.05) is 0 Å². The van der Waals surface area contributed by atoms with Gasteiger partial charge in [0.25, 0.3) is 0 Å². The molecule has 0 aromatic carbocycles. The van der Waals surface area contributed by atoms with Crippen LogP contribution in [0.3, 0.4) is 0 Å². The highest BCUT2D eigenvalue weighted by Crippen LogP contribution is 2.19. The predicted molar refractivity (Wildman–Crippen MR) is 62.7 cm³/mol. The van der Waals surface area contributed by atoms with Gasteiger partial charge >= 0.3 is 12.1 Å². The van der Waals surface area contributed by atoms with E-state index in [1.165, 1.54) is 0 Å². The van der Waals surface area contributed by atoms with Crippen LogP contribution >= 0.6 is 0 Å². The molecule has 0 saturated carbocycles. The van der Waals surface area contributed by atoms with Gasteiger partial charge in [-0.15, -0.1) is 0 Å². The molecule has 2 atom stereocenters. The van der Waals surface area contributed by atoms with Crippen molar-refractivity contribution in [1.29, 1.82) is 0 Å². The summed E-state index contributed by atoms with van der Waals surface area (Å²) in [4.78, 5) is 22.5. The maximum atomic E-state index is 11.5. The van der Waals surface area contributed by atoms with Gasteiger partial charge in [-0.1, -0.05) is 12.2 Å². The lowest BCUT2D eigenvalue weighted by molar-refractivity contribution is -0.142. The zero-order chi connectivity index (χ0) is 13.1. The van der Waals surface area contributed by atoms with Gasteiger partial charge in [-0.25, -0.2) is 4.79 Å². The third-order valence-corrected chi connectivity index (χ3v) is 2.42. The number of hydrogen-bond acceptors (Lipinski definition) is 3. The Morgan fingerprint density at radius 3 is 2.59 bits per heavy atom. The van der Waals surface area contributed by atoms with Crippen molar-refractivity contribution >= 4 is 12.1 Å². The molecule has 1 aliphatic carbocycles. The molecule has 0 heterocycles. The molecule has 17 heavy (non-hydrogen) atoms. The number of aliphatic carboxylic acids is 1. The Hall–Kier alpha value is -1.52. The number of allylic oxidation sites excluding steroid dienone is 1. The Labute approximate surface area is 101 Å². The minimum absolute atomic E-state index is 0.490. The van der Waals surface area contributed by atoms with E-state index in [1.807, 2.05) is 6.08 Å². The molecule has 0 radical (unpaired) electrons. The number of carbonyl (C=O) groups excluding carboxylic acids is 1. The first-order chi connectivity index (χ1) is 7.79. The van der Waals surface area contributed by atoms with E-state index in [0.717, 1.165) is 6.42 Å². The van der Waals surface area contributed by atoms with Crippen LogP contribution in [0, 0.1) is 5.92 Å². The summed E-state index contributed by atoms with van der Waals surface area (Å²) in [6.45, 7) is 5.29. The largest absolute Gasteiger partial charge is 0.481 e. The Kier molecular flexibility index (Phi) is 4.15. The van der Waals surface area contributed by atoms with Crippen molar-refractivity contribution in [2.75, 3.05) is 0 Å². The van der Waals surface area contributed by atoms with Crippen LogP contribution in [0.4, 0.5) is 4.79 Å². The number of nitrogens with one attached hydrogen (secondary N) is 1. The van der Waals surface area contributed by atoms with Crippen molar-refractivity contribution in [2.24, 2.45) is 5.92 Å². The summed E-state index contributed by atoms with van der Waals surface area (Å²) in [5.74, 6) is -1.47. The number of carboxylic acid groups (broad SMARTS) is 1. The number of carbonyl (C=O) groups is 2. The highest BCUT2D eigenvalue weighted by atomic mass is 16.6. The smallest absolute Gasteiger partial charge is 0.408 e. The molecule has 2 N–H and O–H groups in total. The summed E-state index contributed by atoms with van der Waals surface area (Å²) in [7, 11) is 0. The molecular formula is C12H19NO4. The van der Waals surface area contributed by atoms with E-state index in [1.54, 1.807) is 26.8 Å². The number of hydrogen-bond donors (Lipinski definition) is 2. The molecule has 0 aliphatic heterocycles. The highest BCUT2D eigenvalue weighted by Gasteiger charge is 2.30. The first-order valence-corrected chi connectivity index (χ1v) is 5.68. The van der Waals surface area contributed by atoms with E-state index in [9.17, 15) is 9.59 Å². The van der Waals surface area contributed by atoms with E-state index in [4.69, 9.17) is 9.84 Å². The number of amides is 1. The summed E-state index contributed by atoms with van der Waals surface area (Å²) < 4.78 is 5.09. The molecule has 0 unspecified atom stereocenters. The fourth-order valence-corrected chi connectivity index (χ4v) is 1.70. The minimum Gasteiger partial charge on any atom is -0.481 e. The molecule has 5 nitrogen and oxygen atoms in total. The average Bonchev–Trinajstić information content (AvgIpc) is 2.14. The molecule has 1 amide bonds. The molecular weight excluding hydrogens is 222 g/mol. The minimum atomic E-state index is -0.893. The van der Waals surface area contributed by atoms with Crippen molar-refractivity contribution in [3.05, 3.63) is 12.2 Å². The molecule has 0 aromatic rings. The van der Waals surface area contributed by atoms with Gasteiger partial charge < -0.3 is 15.2 Å². The maximum absolute atomic E-state index is 11.5. The summed E-state index contributed by atoms with van der Waals surface area (Å²) >= 11 is 0. The van der Waals surface area contributed by atoms with Crippen molar-refractivity contribution in [2.45, 2.75) is 45.3 Å². The molecule has 0 aromatic heterocycles. The third kappa shape index (κ3) is 4.46. The Balaban J connectivity index is 2.59. The Morgan fingerprint density at radius 1 is 1.41 bits per heavy atom. The van der Waals surface area contributed by atoms with Gasteiger partial charge in [-0.3, -0.25) is 4.79 Å². The van der Waals surface area contributed by atoms with E-state index in [2.05, 4.69) is 5.32 Å². The number of carboxylic acids is 1. The van der Waals surface area contributed by atoms with Gasteiger partial charge in [0.2, 0.25) is 0 Å². The third-order valence-electron chi connectivity index (χ3n) is 2.42. The van der Waals surface area contributed by atoms with Crippen LogP contribution in [0.25, 0.3) is 0 Å². The van der Waals surface area contributed by atoms with Crippen molar-refractivity contribution in [1.82, 2.24) is 5.32 Å². The predicted octanol–water partition coefficient (Wildman–Crippen LogP) is 1.93. The topological polar surface area (TPSA) is 75.6 Å². The summed E-state index contributed by atoms with van der Waals surface area (Å²) in [5.41, 5.74) is -0.582. The highest BCUT2D eigenvalue weighted by molar-refractivity contribution is 5.74. The normalized spacial score (nSPS) is 24.2. The zero-order valence-corrected chi connectivity index (χ0v) is 10.4. The van der Waals surface area contributed by atoms with E-state index >= 15 is 0 Å². The standard InChI is InChI=1S/C12H19NO4/c1-12(2,3)17-11(16)13-9-7-5-4-6-8(9)10(14)15/h5,7-9H,4,6H2,1-3H3,(H,13,16)(H,14,15)/t8-,9-/m0/s1. The lowest BCUT2D eigenvalue weighted by Crippen LogP contribution is -2.45. The van der Waals surface area contributed by atoms with E-state index in [-0.39, 0.29) is 0 Å². The number of ether oxygens (including phenoxy) is 1. The molecule has 96 valence electrons. The lowest BCUT2D eigenvalue weighted by Gasteiger charge is -2.27. The van der Waals surface area contributed by atoms with Gasteiger partial charge in [0.05, 0.1) is 12.0 Å². The Bertz CT molecular complexity index is 330. The lowest BCUT2D eigenvalue weighted by atomic mass is 9.90. The van der Waals surface area contributed by atoms with Crippen LogP contribution in [0.5, 0.6) is 0 Å². The molecule has 0 fully saturated rings. The molecule has 0 saturated heterocycles. The molecule has 0 spiro atoms. The number of rotatable bonds is 2. The second kappa shape index (κ2) is 5.21.